The average molecular weight is 506 g/mol. The monoisotopic (exact) mass is 506 g/mol. The molecule has 2 aromatic heterocycles. The minimum atomic E-state index is 0. The first-order valence-electron chi connectivity index (χ1n) is 9.41. The molecule has 1 aliphatic heterocycles. The largest absolute Gasteiger partial charge is 0.454 e. The molecular formula is C20H23IN6O2. The molecule has 1 aromatic carbocycles. The van der Waals surface area contributed by atoms with Crippen LogP contribution in [0, 0.1) is 0 Å². The Balaban J connectivity index is 0.00000205. The number of hydrogen-bond acceptors (Lipinski definition) is 5. The zero-order valence-electron chi connectivity index (χ0n) is 16.1. The van der Waals surface area contributed by atoms with Crippen molar-refractivity contribution >= 4 is 35.6 Å². The number of ether oxygens (including phenoxy) is 2. The van der Waals surface area contributed by atoms with Gasteiger partial charge in [0.15, 0.2) is 28.9 Å². The summed E-state index contributed by atoms with van der Waals surface area (Å²) in [5.41, 5.74) is 2.24. The molecule has 3 heterocycles. The average Bonchev–Trinajstić information content (AvgIpc) is 3.19. The van der Waals surface area contributed by atoms with E-state index in [0.29, 0.717) is 13.3 Å². The summed E-state index contributed by atoms with van der Waals surface area (Å²) >= 11 is 0. The molecular weight excluding hydrogens is 483 g/mol. The van der Waals surface area contributed by atoms with Crippen molar-refractivity contribution < 1.29 is 9.47 Å². The molecule has 3 aromatic rings. The second-order valence-corrected chi connectivity index (χ2v) is 7.17. The van der Waals surface area contributed by atoms with Crippen molar-refractivity contribution in [1.29, 1.82) is 0 Å². The lowest BCUT2D eigenvalue weighted by molar-refractivity contribution is 0.174. The van der Waals surface area contributed by atoms with Crippen LogP contribution in [0.15, 0.2) is 47.6 Å². The van der Waals surface area contributed by atoms with E-state index in [0.717, 1.165) is 48.3 Å². The predicted molar refractivity (Wildman–Crippen MR) is 120 cm³/mol. The molecule has 0 spiro atoms. The summed E-state index contributed by atoms with van der Waals surface area (Å²) in [5, 5.41) is 15.2. The predicted octanol–water partition coefficient (Wildman–Crippen LogP) is 2.47. The van der Waals surface area contributed by atoms with E-state index in [1.807, 2.05) is 34.9 Å². The van der Waals surface area contributed by atoms with Gasteiger partial charge in [-0.1, -0.05) is 12.1 Å². The molecule has 9 heteroatoms. The molecule has 0 radical (unpaired) electrons. The SMILES string of the molecule is CN=C(NCc1nnc2ccccn12)NCC1(c2ccc3c(c2)OCO3)CC1.I. The normalized spacial score (nSPS) is 16.4. The van der Waals surface area contributed by atoms with E-state index in [4.69, 9.17) is 9.47 Å². The fourth-order valence-electron chi connectivity index (χ4n) is 3.59. The molecule has 0 saturated heterocycles. The molecule has 152 valence electrons. The van der Waals surface area contributed by atoms with E-state index < -0.39 is 0 Å². The number of aromatic nitrogens is 3. The number of rotatable bonds is 5. The maximum atomic E-state index is 5.53. The molecule has 0 unspecified atom stereocenters. The number of hydrogen-bond donors (Lipinski definition) is 2. The van der Waals surface area contributed by atoms with Crippen molar-refractivity contribution in [3.05, 3.63) is 54.0 Å². The van der Waals surface area contributed by atoms with Gasteiger partial charge in [0.05, 0.1) is 6.54 Å². The Hall–Kier alpha value is -2.56. The number of nitrogens with one attached hydrogen (secondary N) is 2. The fraction of sp³-hybridized carbons (Fsp3) is 0.350. The van der Waals surface area contributed by atoms with Gasteiger partial charge in [-0.25, -0.2) is 0 Å². The maximum Gasteiger partial charge on any atom is 0.231 e. The molecule has 0 bridgehead atoms. The summed E-state index contributed by atoms with van der Waals surface area (Å²) in [7, 11) is 1.78. The third-order valence-electron chi connectivity index (χ3n) is 5.45. The van der Waals surface area contributed by atoms with Crippen LogP contribution in [0.1, 0.15) is 24.2 Å². The quantitative estimate of drug-likeness (QED) is 0.314. The second kappa shape index (κ2) is 8.05. The number of fused-ring (bicyclic) bond motifs is 2. The smallest absolute Gasteiger partial charge is 0.231 e. The van der Waals surface area contributed by atoms with Gasteiger partial charge in [-0.05, 0) is 42.7 Å². The van der Waals surface area contributed by atoms with E-state index in [9.17, 15) is 0 Å². The van der Waals surface area contributed by atoms with Gasteiger partial charge in [-0.2, -0.15) is 0 Å². The number of aliphatic imine (C=N–C) groups is 1. The Labute approximate surface area is 185 Å². The first kappa shape index (κ1) is 19.7. The van der Waals surface area contributed by atoms with E-state index in [1.165, 1.54) is 5.56 Å². The van der Waals surface area contributed by atoms with Crippen LogP contribution in [0.2, 0.25) is 0 Å². The van der Waals surface area contributed by atoms with E-state index in [1.54, 1.807) is 7.05 Å². The molecule has 0 amide bonds. The number of pyridine rings is 1. The van der Waals surface area contributed by atoms with Gasteiger partial charge in [0.2, 0.25) is 6.79 Å². The van der Waals surface area contributed by atoms with Gasteiger partial charge in [0.1, 0.15) is 0 Å². The fourth-order valence-corrected chi connectivity index (χ4v) is 3.59. The Morgan fingerprint density at radius 2 is 2.00 bits per heavy atom. The Bertz CT molecular complexity index is 1050. The molecule has 2 N–H and O–H groups in total. The van der Waals surface area contributed by atoms with Gasteiger partial charge >= 0.3 is 0 Å². The lowest BCUT2D eigenvalue weighted by Crippen LogP contribution is -2.41. The first-order chi connectivity index (χ1) is 13.8. The summed E-state index contributed by atoms with van der Waals surface area (Å²) in [6.45, 7) is 1.66. The standard InChI is InChI=1S/C20H22N6O2.HI/c1-21-19(22-11-18-25-24-17-4-2-3-9-26(17)18)23-12-20(7-8-20)14-5-6-15-16(10-14)28-13-27-15;/h2-6,9-10H,7-8,11-13H2,1H3,(H2,21,22,23);1H. The molecule has 29 heavy (non-hydrogen) atoms. The summed E-state index contributed by atoms with van der Waals surface area (Å²) in [4.78, 5) is 4.34. The van der Waals surface area contributed by atoms with Crippen LogP contribution in [0.5, 0.6) is 11.5 Å². The summed E-state index contributed by atoms with van der Waals surface area (Å²) < 4.78 is 12.9. The van der Waals surface area contributed by atoms with Gasteiger partial charge in [-0.3, -0.25) is 9.39 Å². The minimum Gasteiger partial charge on any atom is -0.454 e. The second-order valence-electron chi connectivity index (χ2n) is 7.17. The van der Waals surface area contributed by atoms with Crippen LogP contribution >= 0.6 is 24.0 Å². The highest BCUT2D eigenvalue weighted by molar-refractivity contribution is 14.0. The highest BCUT2D eigenvalue weighted by atomic mass is 127. The number of halogens is 1. The van der Waals surface area contributed by atoms with Crippen molar-refractivity contribution in [3.8, 4) is 11.5 Å². The highest BCUT2D eigenvalue weighted by Gasteiger charge is 2.44. The van der Waals surface area contributed by atoms with Gasteiger partial charge < -0.3 is 20.1 Å². The van der Waals surface area contributed by atoms with Crippen LogP contribution in [0.3, 0.4) is 0 Å². The minimum absolute atomic E-state index is 0. The van der Waals surface area contributed by atoms with Crippen LogP contribution in [-0.2, 0) is 12.0 Å². The van der Waals surface area contributed by atoms with Crippen LogP contribution in [0.4, 0.5) is 0 Å². The first-order valence-corrected chi connectivity index (χ1v) is 9.41. The molecule has 0 atom stereocenters. The Kier molecular flexibility index (Phi) is 5.48. The van der Waals surface area contributed by atoms with Gasteiger partial charge in [0, 0.05) is 25.2 Å². The zero-order valence-corrected chi connectivity index (χ0v) is 18.4. The third kappa shape index (κ3) is 3.83. The Morgan fingerprint density at radius 3 is 2.83 bits per heavy atom. The maximum absolute atomic E-state index is 5.53. The third-order valence-corrected chi connectivity index (χ3v) is 5.45. The zero-order chi connectivity index (χ0) is 19.0. The summed E-state index contributed by atoms with van der Waals surface area (Å²) in [6, 6.07) is 12.1. The van der Waals surface area contributed by atoms with E-state index in [-0.39, 0.29) is 29.4 Å². The van der Waals surface area contributed by atoms with Crippen molar-refractivity contribution in [2.24, 2.45) is 4.99 Å². The van der Waals surface area contributed by atoms with Crippen molar-refractivity contribution in [1.82, 2.24) is 25.2 Å². The van der Waals surface area contributed by atoms with Gasteiger partial charge in [-0.15, -0.1) is 34.2 Å². The van der Waals surface area contributed by atoms with E-state index >= 15 is 0 Å². The lowest BCUT2D eigenvalue weighted by atomic mass is 9.95. The van der Waals surface area contributed by atoms with Crippen molar-refractivity contribution in [3.63, 3.8) is 0 Å². The van der Waals surface area contributed by atoms with E-state index in [2.05, 4.69) is 38.0 Å². The number of benzene rings is 1. The molecule has 1 fully saturated rings. The van der Waals surface area contributed by atoms with Crippen molar-refractivity contribution in [2.75, 3.05) is 20.4 Å². The van der Waals surface area contributed by atoms with Crippen LogP contribution < -0.4 is 20.1 Å². The van der Waals surface area contributed by atoms with Crippen molar-refractivity contribution in [2.45, 2.75) is 24.8 Å². The topological polar surface area (TPSA) is 85.1 Å². The molecule has 2 aliphatic rings. The number of nitrogens with zero attached hydrogens (tertiary/aromatic N) is 4. The molecule has 1 aliphatic carbocycles. The lowest BCUT2D eigenvalue weighted by Gasteiger charge is -2.19. The van der Waals surface area contributed by atoms with Crippen LogP contribution in [-0.4, -0.2) is 40.9 Å². The Morgan fingerprint density at radius 1 is 1.14 bits per heavy atom. The van der Waals surface area contributed by atoms with Crippen LogP contribution in [0.25, 0.3) is 5.65 Å². The summed E-state index contributed by atoms with van der Waals surface area (Å²) in [5.74, 6) is 3.26. The molecule has 5 rings (SSSR count). The molecule has 8 nitrogen and oxygen atoms in total. The number of guanidine groups is 1. The molecule has 1 saturated carbocycles. The van der Waals surface area contributed by atoms with Gasteiger partial charge in [0.25, 0.3) is 0 Å². The summed E-state index contributed by atoms with van der Waals surface area (Å²) in [6.07, 6.45) is 4.25. The highest BCUT2D eigenvalue weighted by Crippen LogP contribution is 2.49.